The van der Waals surface area contributed by atoms with Crippen molar-refractivity contribution in [3.8, 4) is 11.5 Å². The van der Waals surface area contributed by atoms with Crippen LogP contribution in [0.2, 0.25) is 0 Å². The minimum Gasteiger partial charge on any atom is -0.378 e. The molecule has 0 bridgehead atoms. The van der Waals surface area contributed by atoms with Gasteiger partial charge in [0.15, 0.2) is 5.82 Å². The van der Waals surface area contributed by atoms with Gasteiger partial charge in [0.05, 0.1) is 11.3 Å². The van der Waals surface area contributed by atoms with E-state index < -0.39 is 0 Å². The van der Waals surface area contributed by atoms with E-state index in [1.807, 2.05) is 32.2 Å². The molecular formula is C15H16N4OS. The monoisotopic (exact) mass is 300 g/mol. The van der Waals surface area contributed by atoms with E-state index in [-0.39, 0.29) is 0 Å². The van der Waals surface area contributed by atoms with Crippen molar-refractivity contribution in [3.05, 3.63) is 47.4 Å². The Morgan fingerprint density at radius 1 is 1.19 bits per heavy atom. The van der Waals surface area contributed by atoms with Crippen LogP contribution in [0.15, 0.2) is 34.9 Å². The first-order valence-electron chi connectivity index (χ1n) is 6.79. The van der Waals surface area contributed by atoms with Crippen LogP contribution in [0.5, 0.6) is 0 Å². The van der Waals surface area contributed by atoms with Crippen LogP contribution in [0.4, 0.5) is 5.00 Å². The molecule has 0 spiro atoms. The Hall–Kier alpha value is -2.21. The van der Waals surface area contributed by atoms with E-state index in [1.54, 1.807) is 0 Å². The molecule has 6 heteroatoms. The molecule has 1 N–H and O–H groups in total. The first-order chi connectivity index (χ1) is 10.3. The molecule has 0 fully saturated rings. The summed E-state index contributed by atoms with van der Waals surface area (Å²) in [4.78, 5) is 4.49. The summed E-state index contributed by atoms with van der Waals surface area (Å²) >= 11 is 1.40. The normalized spacial score (nSPS) is 10.8. The van der Waals surface area contributed by atoms with Crippen molar-refractivity contribution in [1.29, 1.82) is 0 Å². The molecule has 0 saturated carbocycles. The summed E-state index contributed by atoms with van der Waals surface area (Å²) in [6.07, 6.45) is 1.67. The Bertz CT molecular complexity index is 720. The lowest BCUT2D eigenvalue weighted by atomic mass is 10.1. The summed E-state index contributed by atoms with van der Waals surface area (Å²) < 4.78 is 9.70. The van der Waals surface area contributed by atoms with Gasteiger partial charge in [-0.05, 0) is 30.4 Å². The van der Waals surface area contributed by atoms with E-state index in [0.29, 0.717) is 5.89 Å². The lowest BCUT2D eigenvalue weighted by Crippen LogP contribution is -1.93. The van der Waals surface area contributed by atoms with Crippen LogP contribution in [0.25, 0.3) is 11.5 Å². The summed E-state index contributed by atoms with van der Waals surface area (Å²) in [5.74, 6) is 1.26. The zero-order valence-corrected chi connectivity index (χ0v) is 12.8. The molecule has 21 heavy (non-hydrogen) atoms. The molecule has 0 radical (unpaired) electrons. The second kappa shape index (κ2) is 6.05. The highest BCUT2D eigenvalue weighted by Gasteiger charge is 2.18. The highest BCUT2D eigenvalue weighted by molar-refractivity contribution is 7.10. The van der Waals surface area contributed by atoms with Crippen LogP contribution < -0.4 is 5.32 Å². The summed E-state index contributed by atoms with van der Waals surface area (Å²) in [5.41, 5.74) is 3.08. The maximum absolute atomic E-state index is 5.39. The van der Waals surface area contributed by atoms with Gasteiger partial charge in [0.2, 0.25) is 0 Å². The number of hydrogen-bond acceptors (Lipinski definition) is 6. The molecule has 2 aromatic heterocycles. The van der Waals surface area contributed by atoms with E-state index in [9.17, 15) is 0 Å². The number of aromatic nitrogens is 3. The lowest BCUT2D eigenvalue weighted by molar-refractivity contribution is 0.422. The summed E-state index contributed by atoms with van der Waals surface area (Å²) in [5, 5.41) is 8.13. The van der Waals surface area contributed by atoms with Crippen LogP contribution in [0.1, 0.15) is 17.1 Å². The van der Waals surface area contributed by atoms with Crippen molar-refractivity contribution in [1.82, 2.24) is 14.5 Å². The fourth-order valence-corrected chi connectivity index (χ4v) is 2.89. The Morgan fingerprint density at radius 3 is 2.76 bits per heavy atom. The highest BCUT2D eigenvalue weighted by atomic mass is 32.1. The molecule has 0 amide bonds. The van der Waals surface area contributed by atoms with Crippen molar-refractivity contribution >= 4 is 16.5 Å². The van der Waals surface area contributed by atoms with Gasteiger partial charge >= 0.3 is 0 Å². The minimum atomic E-state index is 0.536. The number of nitrogens with one attached hydrogen (secondary N) is 1. The van der Waals surface area contributed by atoms with Gasteiger partial charge in [0.25, 0.3) is 5.89 Å². The van der Waals surface area contributed by atoms with E-state index in [0.717, 1.165) is 34.9 Å². The topological polar surface area (TPSA) is 63.8 Å². The van der Waals surface area contributed by atoms with Gasteiger partial charge in [0.1, 0.15) is 5.00 Å². The smallest absolute Gasteiger partial charge is 0.262 e. The largest absolute Gasteiger partial charge is 0.378 e. The average Bonchev–Trinajstić information content (AvgIpc) is 3.12. The first kappa shape index (κ1) is 13.8. The van der Waals surface area contributed by atoms with Crippen molar-refractivity contribution in [2.45, 2.75) is 19.8 Å². The molecule has 3 aromatic rings. The molecule has 1 aromatic carbocycles. The zero-order chi connectivity index (χ0) is 14.7. The van der Waals surface area contributed by atoms with Gasteiger partial charge < -0.3 is 9.84 Å². The highest BCUT2D eigenvalue weighted by Crippen LogP contribution is 2.33. The first-order valence-corrected chi connectivity index (χ1v) is 7.56. The van der Waals surface area contributed by atoms with Crippen molar-refractivity contribution < 1.29 is 4.52 Å². The Kier molecular flexibility index (Phi) is 3.96. The maximum atomic E-state index is 5.39. The molecule has 0 aliphatic heterocycles. The average molecular weight is 300 g/mol. The fraction of sp³-hybridized carbons (Fsp3) is 0.267. The molecule has 3 rings (SSSR count). The van der Waals surface area contributed by atoms with E-state index in [4.69, 9.17) is 4.52 Å². The third kappa shape index (κ3) is 2.95. The van der Waals surface area contributed by atoms with Gasteiger partial charge in [-0.3, -0.25) is 0 Å². The van der Waals surface area contributed by atoms with E-state index in [2.05, 4.69) is 32.0 Å². The molecule has 0 aliphatic carbocycles. The van der Waals surface area contributed by atoms with Gasteiger partial charge in [0, 0.05) is 13.5 Å². The van der Waals surface area contributed by atoms with Crippen LogP contribution in [-0.2, 0) is 12.8 Å². The third-order valence-corrected chi connectivity index (χ3v) is 4.21. The van der Waals surface area contributed by atoms with Gasteiger partial charge in [-0.2, -0.15) is 9.36 Å². The molecule has 2 heterocycles. The van der Waals surface area contributed by atoms with Crippen LogP contribution in [0.3, 0.4) is 0 Å². The molecule has 5 nitrogen and oxygen atoms in total. The quantitative estimate of drug-likeness (QED) is 0.783. The summed E-state index contributed by atoms with van der Waals surface area (Å²) in [7, 11) is 1.86. The molecule has 0 aliphatic rings. The van der Waals surface area contributed by atoms with Crippen molar-refractivity contribution in [2.75, 3.05) is 12.4 Å². The maximum Gasteiger partial charge on any atom is 0.262 e. The Labute approximate surface area is 127 Å². The molecule has 0 atom stereocenters. The zero-order valence-electron chi connectivity index (χ0n) is 12.0. The van der Waals surface area contributed by atoms with E-state index in [1.165, 1.54) is 17.1 Å². The predicted octanol–water partition coefficient (Wildman–Crippen LogP) is 3.33. The van der Waals surface area contributed by atoms with Gasteiger partial charge in [-0.15, -0.1) is 0 Å². The number of rotatable bonds is 5. The second-order valence-electron chi connectivity index (χ2n) is 4.72. The minimum absolute atomic E-state index is 0.536. The van der Waals surface area contributed by atoms with Crippen LogP contribution in [-0.4, -0.2) is 21.6 Å². The molecule has 0 unspecified atom stereocenters. The van der Waals surface area contributed by atoms with Crippen LogP contribution >= 0.6 is 11.5 Å². The number of aryl methyl sites for hydroxylation is 3. The van der Waals surface area contributed by atoms with Crippen LogP contribution in [0, 0.1) is 6.92 Å². The molecular weight excluding hydrogens is 284 g/mol. The number of anilines is 1. The SMILES string of the molecule is CNc1snc(C)c1-c1nc(CCc2ccccc2)no1. The molecule has 0 saturated heterocycles. The number of nitrogens with zero attached hydrogens (tertiary/aromatic N) is 3. The van der Waals surface area contributed by atoms with Gasteiger partial charge in [-0.1, -0.05) is 35.5 Å². The Balaban J connectivity index is 1.76. The second-order valence-corrected chi connectivity index (χ2v) is 5.50. The Morgan fingerprint density at radius 2 is 2.00 bits per heavy atom. The van der Waals surface area contributed by atoms with Crippen molar-refractivity contribution in [3.63, 3.8) is 0 Å². The summed E-state index contributed by atoms with van der Waals surface area (Å²) in [6, 6.07) is 10.3. The number of benzene rings is 1. The fourth-order valence-electron chi connectivity index (χ4n) is 2.15. The van der Waals surface area contributed by atoms with Crippen molar-refractivity contribution in [2.24, 2.45) is 0 Å². The summed E-state index contributed by atoms with van der Waals surface area (Å²) in [6.45, 7) is 1.94. The third-order valence-electron chi connectivity index (χ3n) is 3.25. The predicted molar refractivity (Wildman–Crippen MR) is 83.5 cm³/mol. The number of hydrogen-bond donors (Lipinski definition) is 1. The molecule has 108 valence electrons. The lowest BCUT2D eigenvalue weighted by Gasteiger charge is -1.97. The van der Waals surface area contributed by atoms with Gasteiger partial charge in [-0.25, -0.2) is 0 Å². The standard InChI is InChI=1S/C15H16N4OS/c1-10-13(15(16-2)21-19-10)14-17-12(18-20-14)9-8-11-6-4-3-5-7-11/h3-7,16H,8-9H2,1-2H3. The van der Waals surface area contributed by atoms with E-state index >= 15 is 0 Å².